The van der Waals surface area contributed by atoms with Gasteiger partial charge in [0.2, 0.25) is 0 Å². The van der Waals surface area contributed by atoms with Crippen molar-refractivity contribution < 1.29 is 14.9 Å². The fraction of sp³-hybridized carbons (Fsp3) is 0.375. The molecule has 2 aromatic carbocycles. The van der Waals surface area contributed by atoms with Gasteiger partial charge < -0.3 is 20.3 Å². The molecule has 2 aromatic rings. The van der Waals surface area contributed by atoms with Gasteiger partial charge in [-0.1, -0.05) is 32.0 Å². The first-order chi connectivity index (χ1) is 9.56. The summed E-state index contributed by atoms with van der Waals surface area (Å²) in [7, 11) is 0. The molecular formula is C16H21NO3. The summed E-state index contributed by atoms with van der Waals surface area (Å²) in [6.07, 6.45) is -0.565. The van der Waals surface area contributed by atoms with Crippen molar-refractivity contribution in [2.24, 2.45) is 0 Å². The lowest BCUT2D eigenvalue weighted by Gasteiger charge is -2.16. The Hall–Kier alpha value is -1.78. The van der Waals surface area contributed by atoms with E-state index in [4.69, 9.17) is 4.74 Å². The second-order valence-electron chi connectivity index (χ2n) is 5.19. The van der Waals surface area contributed by atoms with Gasteiger partial charge in [-0.25, -0.2) is 0 Å². The van der Waals surface area contributed by atoms with Crippen LogP contribution in [0.1, 0.15) is 13.8 Å². The van der Waals surface area contributed by atoms with Gasteiger partial charge >= 0.3 is 0 Å². The highest BCUT2D eigenvalue weighted by Gasteiger charge is 2.08. The molecule has 2 rings (SSSR count). The van der Waals surface area contributed by atoms with Crippen LogP contribution in [0.3, 0.4) is 0 Å². The second kappa shape index (κ2) is 6.59. The molecule has 0 saturated carbocycles. The molecule has 0 aliphatic carbocycles. The summed E-state index contributed by atoms with van der Waals surface area (Å²) in [5.74, 6) is 0.873. The van der Waals surface area contributed by atoms with Gasteiger partial charge in [0.1, 0.15) is 24.2 Å². The fourth-order valence-corrected chi connectivity index (χ4v) is 1.97. The minimum Gasteiger partial charge on any atom is -0.508 e. The SMILES string of the molecule is CC(C)NC[C@H](O)COc1cccc2ccc(O)cc12. The lowest BCUT2D eigenvalue weighted by atomic mass is 10.1. The maximum atomic E-state index is 9.85. The Morgan fingerprint density at radius 1 is 1.20 bits per heavy atom. The number of ether oxygens (including phenoxy) is 1. The number of rotatable bonds is 6. The van der Waals surface area contributed by atoms with Crippen LogP contribution in [-0.2, 0) is 0 Å². The Morgan fingerprint density at radius 3 is 2.75 bits per heavy atom. The summed E-state index contributed by atoms with van der Waals surface area (Å²) in [6, 6.07) is 11.2. The standard InChI is InChI=1S/C16H21NO3/c1-11(2)17-9-14(19)10-20-16-5-3-4-12-6-7-13(18)8-15(12)16/h3-8,11,14,17-19H,9-10H2,1-2H3/t14-/m0/s1. The van der Waals surface area contributed by atoms with E-state index in [1.165, 1.54) is 0 Å². The number of hydrogen-bond acceptors (Lipinski definition) is 4. The maximum absolute atomic E-state index is 9.85. The number of phenols is 1. The lowest BCUT2D eigenvalue weighted by Crippen LogP contribution is -2.35. The smallest absolute Gasteiger partial charge is 0.127 e. The number of phenolic OH excluding ortho intramolecular Hbond substituents is 1. The molecule has 0 aliphatic heterocycles. The van der Waals surface area contributed by atoms with Crippen molar-refractivity contribution in [2.45, 2.75) is 26.0 Å². The van der Waals surface area contributed by atoms with E-state index in [0.717, 1.165) is 10.8 Å². The van der Waals surface area contributed by atoms with Gasteiger partial charge in [0.15, 0.2) is 0 Å². The fourth-order valence-electron chi connectivity index (χ4n) is 1.97. The van der Waals surface area contributed by atoms with Gasteiger partial charge in [-0.3, -0.25) is 0 Å². The third-order valence-corrected chi connectivity index (χ3v) is 3.02. The highest BCUT2D eigenvalue weighted by atomic mass is 16.5. The summed E-state index contributed by atoms with van der Waals surface area (Å²) in [5, 5.41) is 24.4. The van der Waals surface area contributed by atoms with E-state index in [1.54, 1.807) is 12.1 Å². The van der Waals surface area contributed by atoms with E-state index < -0.39 is 6.10 Å². The molecule has 0 amide bonds. The molecule has 0 spiro atoms. The monoisotopic (exact) mass is 275 g/mol. The Bertz CT molecular complexity index is 569. The Morgan fingerprint density at radius 2 is 2.00 bits per heavy atom. The molecular weight excluding hydrogens is 254 g/mol. The molecule has 0 saturated heterocycles. The average Bonchev–Trinajstić information content (AvgIpc) is 2.42. The number of hydrogen-bond donors (Lipinski definition) is 3. The third kappa shape index (κ3) is 3.85. The summed E-state index contributed by atoms with van der Waals surface area (Å²) >= 11 is 0. The van der Waals surface area contributed by atoms with Crippen LogP contribution in [0.25, 0.3) is 10.8 Å². The highest BCUT2D eigenvalue weighted by Crippen LogP contribution is 2.28. The molecule has 108 valence electrons. The van der Waals surface area contributed by atoms with Gasteiger partial charge in [0, 0.05) is 18.0 Å². The number of benzene rings is 2. The van der Waals surface area contributed by atoms with E-state index in [0.29, 0.717) is 18.3 Å². The first-order valence-electron chi connectivity index (χ1n) is 6.82. The van der Waals surface area contributed by atoms with Gasteiger partial charge in [-0.2, -0.15) is 0 Å². The molecule has 1 atom stereocenters. The van der Waals surface area contributed by atoms with Crippen LogP contribution in [0.2, 0.25) is 0 Å². The molecule has 0 heterocycles. The molecule has 0 fully saturated rings. The minimum absolute atomic E-state index is 0.204. The van der Waals surface area contributed by atoms with Gasteiger partial charge in [-0.05, 0) is 23.6 Å². The van der Waals surface area contributed by atoms with Crippen LogP contribution in [0.5, 0.6) is 11.5 Å². The zero-order valence-corrected chi connectivity index (χ0v) is 11.8. The predicted octanol–water partition coefficient (Wildman–Crippen LogP) is 2.28. The minimum atomic E-state index is -0.565. The van der Waals surface area contributed by atoms with Crippen molar-refractivity contribution in [3.63, 3.8) is 0 Å². The van der Waals surface area contributed by atoms with E-state index in [-0.39, 0.29) is 12.4 Å². The van der Waals surface area contributed by atoms with E-state index in [2.05, 4.69) is 5.32 Å². The number of aromatic hydroxyl groups is 1. The molecule has 0 aromatic heterocycles. The van der Waals surface area contributed by atoms with Crippen molar-refractivity contribution in [3.8, 4) is 11.5 Å². The number of aliphatic hydroxyl groups is 1. The van der Waals surface area contributed by atoms with Crippen LogP contribution >= 0.6 is 0 Å². The van der Waals surface area contributed by atoms with Gasteiger partial charge in [0.05, 0.1) is 0 Å². The summed E-state index contributed by atoms with van der Waals surface area (Å²) in [6.45, 7) is 4.77. The molecule has 20 heavy (non-hydrogen) atoms. The zero-order chi connectivity index (χ0) is 14.5. The maximum Gasteiger partial charge on any atom is 0.127 e. The first kappa shape index (κ1) is 14.6. The predicted molar refractivity (Wildman–Crippen MR) is 80.3 cm³/mol. The Balaban J connectivity index is 2.04. The zero-order valence-electron chi connectivity index (χ0n) is 11.8. The number of nitrogens with one attached hydrogen (secondary N) is 1. The Labute approximate surface area is 119 Å². The van der Waals surface area contributed by atoms with Crippen molar-refractivity contribution in [1.29, 1.82) is 0 Å². The van der Waals surface area contributed by atoms with E-state index in [9.17, 15) is 10.2 Å². The lowest BCUT2D eigenvalue weighted by molar-refractivity contribution is 0.105. The van der Waals surface area contributed by atoms with Crippen LogP contribution in [0, 0.1) is 0 Å². The summed E-state index contributed by atoms with van der Waals surface area (Å²) in [4.78, 5) is 0. The molecule has 4 heteroatoms. The summed E-state index contributed by atoms with van der Waals surface area (Å²) in [5.41, 5.74) is 0. The molecule has 0 aliphatic rings. The van der Waals surface area contributed by atoms with Crippen LogP contribution in [0.15, 0.2) is 36.4 Å². The first-order valence-corrected chi connectivity index (χ1v) is 6.82. The number of fused-ring (bicyclic) bond motifs is 1. The molecule has 0 unspecified atom stereocenters. The quantitative estimate of drug-likeness (QED) is 0.757. The highest BCUT2D eigenvalue weighted by molar-refractivity contribution is 5.89. The third-order valence-electron chi connectivity index (χ3n) is 3.02. The van der Waals surface area contributed by atoms with Crippen molar-refractivity contribution >= 4 is 10.8 Å². The average molecular weight is 275 g/mol. The number of aliphatic hydroxyl groups excluding tert-OH is 1. The molecule has 4 nitrogen and oxygen atoms in total. The normalized spacial score (nSPS) is 12.8. The van der Waals surface area contributed by atoms with Crippen molar-refractivity contribution in [2.75, 3.05) is 13.2 Å². The van der Waals surface area contributed by atoms with Crippen LogP contribution in [0.4, 0.5) is 0 Å². The molecule has 0 radical (unpaired) electrons. The van der Waals surface area contributed by atoms with Crippen LogP contribution in [-0.4, -0.2) is 35.5 Å². The van der Waals surface area contributed by atoms with Crippen molar-refractivity contribution in [1.82, 2.24) is 5.32 Å². The van der Waals surface area contributed by atoms with Gasteiger partial charge in [0.25, 0.3) is 0 Å². The molecule has 0 bridgehead atoms. The van der Waals surface area contributed by atoms with Gasteiger partial charge in [-0.15, -0.1) is 0 Å². The van der Waals surface area contributed by atoms with Crippen LogP contribution < -0.4 is 10.1 Å². The molecule has 3 N–H and O–H groups in total. The topological polar surface area (TPSA) is 61.7 Å². The Kier molecular flexibility index (Phi) is 4.82. The van der Waals surface area contributed by atoms with E-state index >= 15 is 0 Å². The second-order valence-corrected chi connectivity index (χ2v) is 5.19. The van der Waals surface area contributed by atoms with E-state index in [1.807, 2.05) is 38.1 Å². The largest absolute Gasteiger partial charge is 0.508 e. The summed E-state index contributed by atoms with van der Waals surface area (Å²) < 4.78 is 5.67. The van der Waals surface area contributed by atoms with Crippen molar-refractivity contribution in [3.05, 3.63) is 36.4 Å².